The van der Waals surface area contributed by atoms with Gasteiger partial charge in [-0.1, -0.05) is 12.1 Å². The lowest BCUT2D eigenvalue weighted by atomic mass is 10.0. The lowest BCUT2D eigenvalue weighted by molar-refractivity contribution is 0.104. The molecule has 0 aliphatic heterocycles. The minimum atomic E-state index is -0.364. The van der Waals surface area contributed by atoms with Crippen LogP contribution in [0.15, 0.2) is 48.7 Å². The third-order valence-corrected chi connectivity index (χ3v) is 3.22. The second-order valence-electron chi connectivity index (χ2n) is 4.45. The molecule has 0 radical (unpaired) electrons. The number of carbonyl (C=O) groups excluding carboxylic acids is 1. The molecular formula is C16H12FNO2. The van der Waals surface area contributed by atoms with Crippen LogP contribution in [0.4, 0.5) is 4.39 Å². The monoisotopic (exact) mass is 269 g/mol. The maximum Gasteiger partial charge on any atom is 0.195 e. The molecule has 0 saturated carbocycles. The Kier molecular flexibility index (Phi) is 2.99. The fourth-order valence-electron chi connectivity index (χ4n) is 2.20. The molecule has 1 N–H and O–H groups in total. The Hall–Kier alpha value is -2.62. The van der Waals surface area contributed by atoms with Crippen LogP contribution in [-0.2, 0) is 0 Å². The number of aromatic amines is 1. The summed E-state index contributed by atoms with van der Waals surface area (Å²) in [6, 6.07) is 11.2. The van der Waals surface area contributed by atoms with E-state index in [9.17, 15) is 9.18 Å². The summed E-state index contributed by atoms with van der Waals surface area (Å²) in [5.41, 5.74) is 1.69. The molecule has 0 amide bonds. The number of nitrogens with one attached hydrogen (secondary N) is 1. The van der Waals surface area contributed by atoms with Gasteiger partial charge in [0.25, 0.3) is 0 Å². The van der Waals surface area contributed by atoms with Crippen LogP contribution in [-0.4, -0.2) is 17.9 Å². The van der Waals surface area contributed by atoms with Crippen molar-refractivity contribution in [2.45, 2.75) is 0 Å². The molecule has 100 valence electrons. The summed E-state index contributed by atoms with van der Waals surface area (Å²) in [4.78, 5) is 15.5. The Balaban J connectivity index is 2.10. The molecule has 0 fully saturated rings. The molecule has 0 aliphatic rings. The molecule has 0 aliphatic carbocycles. The Morgan fingerprint density at radius 2 is 2.05 bits per heavy atom. The zero-order chi connectivity index (χ0) is 14.1. The van der Waals surface area contributed by atoms with Crippen molar-refractivity contribution in [2.24, 2.45) is 0 Å². The van der Waals surface area contributed by atoms with Crippen molar-refractivity contribution in [1.29, 1.82) is 0 Å². The van der Waals surface area contributed by atoms with Gasteiger partial charge in [-0.3, -0.25) is 4.79 Å². The van der Waals surface area contributed by atoms with Gasteiger partial charge in [0, 0.05) is 28.2 Å². The number of ether oxygens (including phenoxy) is 1. The van der Waals surface area contributed by atoms with Gasteiger partial charge in [0.2, 0.25) is 0 Å². The van der Waals surface area contributed by atoms with E-state index in [1.165, 1.54) is 12.1 Å². The van der Waals surface area contributed by atoms with Crippen LogP contribution >= 0.6 is 0 Å². The predicted octanol–water partition coefficient (Wildman–Crippen LogP) is 3.55. The van der Waals surface area contributed by atoms with Gasteiger partial charge in [-0.2, -0.15) is 0 Å². The second-order valence-corrected chi connectivity index (χ2v) is 4.45. The number of aromatic nitrogens is 1. The highest BCUT2D eigenvalue weighted by Crippen LogP contribution is 2.23. The number of benzene rings is 2. The van der Waals surface area contributed by atoms with Crippen molar-refractivity contribution >= 4 is 16.7 Å². The smallest absolute Gasteiger partial charge is 0.195 e. The summed E-state index contributed by atoms with van der Waals surface area (Å²) in [6.45, 7) is 0. The molecule has 2 aromatic carbocycles. The van der Waals surface area contributed by atoms with Gasteiger partial charge < -0.3 is 9.72 Å². The average molecular weight is 269 g/mol. The zero-order valence-corrected chi connectivity index (χ0v) is 10.8. The fraction of sp³-hybridized carbons (Fsp3) is 0.0625. The molecule has 1 heterocycles. The van der Waals surface area contributed by atoms with Crippen molar-refractivity contribution in [3.63, 3.8) is 0 Å². The zero-order valence-electron chi connectivity index (χ0n) is 10.8. The van der Waals surface area contributed by atoms with Crippen LogP contribution in [0, 0.1) is 5.82 Å². The van der Waals surface area contributed by atoms with Crippen molar-refractivity contribution in [3.05, 3.63) is 65.6 Å². The van der Waals surface area contributed by atoms with E-state index in [2.05, 4.69) is 4.98 Å². The molecule has 3 rings (SSSR count). The van der Waals surface area contributed by atoms with Crippen molar-refractivity contribution in [3.8, 4) is 5.75 Å². The van der Waals surface area contributed by atoms with E-state index in [-0.39, 0.29) is 11.6 Å². The molecule has 0 bridgehead atoms. The molecule has 0 saturated heterocycles. The first-order valence-corrected chi connectivity index (χ1v) is 6.14. The van der Waals surface area contributed by atoms with E-state index < -0.39 is 0 Å². The van der Waals surface area contributed by atoms with Crippen molar-refractivity contribution in [2.75, 3.05) is 7.11 Å². The van der Waals surface area contributed by atoms with Crippen molar-refractivity contribution < 1.29 is 13.9 Å². The quantitative estimate of drug-likeness (QED) is 0.739. The normalized spacial score (nSPS) is 10.7. The Bertz CT molecular complexity index is 792. The van der Waals surface area contributed by atoms with Crippen LogP contribution in [0.25, 0.3) is 10.9 Å². The van der Waals surface area contributed by atoms with Gasteiger partial charge in [0.15, 0.2) is 5.78 Å². The molecular weight excluding hydrogens is 257 g/mol. The maximum absolute atomic E-state index is 13.3. The van der Waals surface area contributed by atoms with Gasteiger partial charge in [-0.15, -0.1) is 0 Å². The van der Waals surface area contributed by atoms with E-state index >= 15 is 0 Å². The number of ketones is 1. The topological polar surface area (TPSA) is 42.1 Å². The van der Waals surface area contributed by atoms with E-state index in [0.29, 0.717) is 22.3 Å². The van der Waals surface area contributed by atoms with Crippen LogP contribution in [0.3, 0.4) is 0 Å². The standard InChI is InChI=1S/C16H12FNO2/c1-20-12-4-2-3-10(7-12)16(19)14-9-18-15-6-5-11(17)8-13(14)15/h2-9,18H,1H3. The van der Waals surface area contributed by atoms with E-state index in [0.717, 1.165) is 5.52 Å². The lowest BCUT2D eigenvalue weighted by Gasteiger charge is -2.03. The molecule has 20 heavy (non-hydrogen) atoms. The minimum Gasteiger partial charge on any atom is -0.497 e. The summed E-state index contributed by atoms with van der Waals surface area (Å²) in [5.74, 6) is 0.0828. The van der Waals surface area contributed by atoms with Gasteiger partial charge in [-0.25, -0.2) is 4.39 Å². The molecule has 3 aromatic rings. The number of H-pyrrole nitrogens is 1. The fourth-order valence-corrected chi connectivity index (χ4v) is 2.20. The van der Waals surface area contributed by atoms with Crippen molar-refractivity contribution in [1.82, 2.24) is 4.98 Å². The maximum atomic E-state index is 13.3. The Morgan fingerprint density at radius 3 is 2.85 bits per heavy atom. The third-order valence-electron chi connectivity index (χ3n) is 3.22. The number of halogens is 1. The number of rotatable bonds is 3. The SMILES string of the molecule is COc1cccc(C(=O)c2c[nH]c3ccc(F)cc23)c1. The lowest BCUT2D eigenvalue weighted by Crippen LogP contribution is -2.00. The van der Waals surface area contributed by atoms with E-state index in [1.54, 1.807) is 43.6 Å². The number of fused-ring (bicyclic) bond motifs is 1. The number of hydrogen-bond donors (Lipinski definition) is 1. The Morgan fingerprint density at radius 1 is 1.20 bits per heavy atom. The predicted molar refractivity (Wildman–Crippen MR) is 74.7 cm³/mol. The van der Waals surface area contributed by atoms with Crippen LogP contribution < -0.4 is 4.74 Å². The summed E-state index contributed by atoms with van der Waals surface area (Å²) >= 11 is 0. The summed E-state index contributed by atoms with van der Waals surface area (Å²) in [7, 11) is 1.55. The van der Waals surface area contributed by atoms with Crippen LogP contribution in [0.1, 0.15) is 15.9 Å². The van der Waals surface area contributed by atoms with Crippen LogP contribution in [0.2, 0.25) is 0 Å². The Labute approximate surface area is 115 Å². The van der Waals surface area contributed by atoms with Gasteiger partial charge in [0.05, 0.1) is 7.11 Å². The molecule has 0 atom stereocenters. The van der Waals surface area contributed by atoms with Gasteiger partial charge in [-0.05, 0) is 30.3 Å². The number of hydrogen-bond acceptors (Lipinski definition) is 2. The summed E-state index contributed by atoms with van der Waals surface area (Å²) in [5, 5.41) is 0.581. The summed E-state index contributed by atoms with van der Waals surface area (Å²) in [6.07, 6.45) is 1.60. The first-order chi connectivity index (χ1) is 9.69. The van der Waals surface area contributed by atoms with E-state index in [1.807, 2.05) is 0 Å². The molecule has 1 aromatic heterocycles. The largest absolute Gasteiger partial charge is 0.497 e. The highest BCUT2D eigenvalue weighted by Gasteiger charge is 2.15. The molecule has 3 nitrogen and oxygen atoms in total. The van der Waals surface area contributed by atoms with Crippen LogP contribution in [0.5, 0.6) is 5.75 Å². The second kappa shape index (κ2) is 4.81. The van der Waals surface area contributed by atoms with Gasteiger partial charge >= 0.3 is 0 Å². The summed E-state index contributed by atoms with van der Waals surface area (Å²) < 4.78 is 18.4. The molecule has 4 heteroatoms. The molecule has 0 unspecified atom stereocenters. The first-order valence-electron chi connectivity index (χ1n) is 6.14. The average Bonchev–Trinajstić information content (AvgIpc) is 2.89. The number of methoxy groups -OCH3 is 1. The highest BCUT2D eigenvalue weighted by molar-refractivity contribution is 6.16. The molecule has 0 spiro atoms. The van der Waals surface area contributed by atoms with Gasteiger partial charge in [0.1, 0.15) is 11.6 Å². The third kappa shape index (κ3) is 2.05. The first kappa shape index (κ1) is 12.4. The highest BCUT2D eigenvalue weighted by atomic mass is 19.1. The minimum absolute atomic E-state index is 0.166. The van der Waals surface area contributed by atoms with E-state index in [4.69, 9.17) is 4.74 Å². The number of carbonyl (C=O) groups is 1.